The first-order valence-corrected chi connectivity index (χ1v) is 14.2. The molecule has 1 spiro atoms. The second-order valence-corrected chi connectivity index (χ2v) is 11.5. The molecule has 2 aliphatic rings. The third-order valence-electron chi connectivity index (χ3n) is 8.40. The fourth-order valence-corrected chi connectivity index (χ4v) is 6.10. The minimum Gasteiger partial charge on any atom is -0.489 e. The van der Waals surface area contributed by atoms with Gasteiger partial charge in [0.2, 0.25) is 0 Å². The van der Waals surface area contributed by atoms with Crippen LogP contribution >= 0.6 is 0 Å². The number of benzene rings is 2. The molecule has 4 rings (SSSR count). The molecular formula is C32H46O4. The Morgan fingerprint density at radius 1 is 1.03 bits per heavy atom. The van der Waals surface area contributed by atoms with Crippen molar-refractivity contribution in [1.29, 1.82) is 0 Å². The van der Waals surface area contributed by atoms with Gasteiger partial charge in [0.05, 0.1) is 13.2 Å². The molecule has 0 amide bonds. The lowest BCUT2D eigenvalue weighted by Crippen LogP contribution is -2.39. The van der Waals surface area contributed by atoms with Crippen LogP contribution in [0.1, 0.15) is 101 Å². The van der Waals surface area contributed by atoms with Crippen LogP contribution < -0.4 is 4.74 Å². The van der Waals surface area contributed by atoms with Gasteiger partial charge in [0, 0.05) is 19.4 Å². The van der Waals surface area contributed by atoms with Crippen molar-refractivity contribution in [3.05, 3.63) is 65.2 Å². The SMILES string of the molecule is CCCCCCC(C)(C)c1ccc([C@H]2CC3(CC[C@@H]2CCO)OCCO3)c(OCc2ccccc2)c1. The molecule has 4 nitrogen and oxygen atoms in total. The van der Waals surface area contributed by atoms with Gasteiger partial charge in [-0.3, -0.25) is 0 Å². The van der Waals surface area contributed by atoms with Crippen LogP contribution in [0.15, 0.2) is 48.5 Å². The number of hydrogen-bond donors (Lipinski definition) is 1. The van der Waals surface area contributed by atoms with E-state index in [0.717, 1.165) is 31.4 Å². The van der Waals surface area contributed by atoms with E-state index in [0.29, 0.717) is 25.7 Å². The molecule has 0 aromatic heterocycles. The predicted octanol–water partition coefficient (Wildman–Crippen LogP) is 7.52. The molecule has 1 aliphatic heterocycles. The molecule has 2 fully saturated rings. The number of unbranched alkanes of at least 4 members (excludes halogenated alkanes) is 3. The van der Waals surface area contributed by atoms with Gasteiger partial charge < -0.3 is 19.3 Å². The Balaban J connectivity index is 1.63. The summed E-state index contributed by atoms with van der Waals surface area (Å²) >= 11 is 0. The lowest BCUT2D eigenvalue weighted by atomic mass is 9.70. The Hall–Kier alpha value is -1.88. The molecule has 0 unspecified atom stereocenters. The molecule has 1 saturated heterocycles. The standard InChI is InChI=1S/C32H46O4/c1-4-5-6-10-17-31(2,3)27-13-14-28(30(22-27)34-24-25-11-8-7-9-12-25)29-23-32(35-20-21-36-32)18-15-26(29)16-19-33/h7-9,11-14,22,26,29,33H,4-6,10,15-21,23-24H2,1-3H3/t26-,29+/m1/s1. The summed E-state index contributed by atoms with van der Waals surface area (Å²) in [5, 5.41) is 9.84. The minimum atomic E-state index is -0.482. The maximum Gasteiger partial charge on any atom is 0.169 e. The van der Waals surface area contributed by atoms with Gasteiger partial charge in [0.1, 0.15) is 12.4 Å². The topological polar surface area (TPSA) is 47.9 Å². The zero-order valence-electron chi connectivity index (χ0n) is 22.6. The summed E-state index contributed by atoms with van der Waals surface area (Å²) in [5.41, 5.74) is 3.83. The minimum absolute atomic E-state index is 0.0904. The van der Waals surface area contributed by atoms with E-state index in [1.54, 1.807) is 0 Å². The molecule has 1 N–H and O–H groups in total. The maximum atomic E-state index is 9.84. The molecule has 1 saturated carbocycles. The molecule has 1 aliphatic carbocycles. The van der Waals surface area contributed by atoms with Crippen LogP contribution in [-0.4, -0.2) is 30.7 Å². The van der Waals surface area contributed by atoms with Crippen molar-refractivity contribution < 1.29 is 19.3 Å². The molecule has 2 atom stereocenters. The quantitative estimate of drug-likeness (QED) is 0.310. The third kappa shape index (κ3) is 6.70. The normalized spacial score (nSPS) is 21.7. The average molecular weight is 495 g/mol. The second-order valence-electron chi connectivity index (χ2n) is 11.5. The zero-order chi connectivity index (χ0) is 25.4. The highest BCUT2D eigenvalue weighted by Gasteiger charge is 2.46. The first-order valence-electron chi connectivity index (χ1n) is 14.2. The summed E-state index contributed by atoms with van der Waals surface area (Å²) in [6, 6.07) is 17.3. The highest BCUT2D eigenvalue weighted by molar-refractivity contribution is 5.43. The summed E-state index contributed by atoms with van der Waals surface area (Å²) in [4.78, 5) is 0. The van der Waals surface area contributed by atoms with Crippen molar-refractivity contribution in [3.8, 4) is 5.75 Å². The first kappa shape index (κ1) is 27.2. The van der Waals surface area contributed by atoms with Crippen molar-refractivity contribution in [2.45, 2.75) is 102 Å². The Morgan fingerprint density at radius 3 is 2.53 bits per heavy atom. The van der Waals surface area contributed by atoms with E-state index in [9.17, 15) is 5.11 Å². The predicted molar refractivity (Wildman–Crippen MR) is 145 cm³/mol. The molecule has 1 heterocycles. The first-order chi connectivity index (χ1) is 17.5. The van der Waals surface area contributed by atoms with E-state index in [1.807, 2.05) is 6.07 Å². The van der Waals surface area contributed by atoms with Crippen LogP contribution in [0.3, 0.4) is 0 Å². The molecule has 0 bridgehead atoms. The lowest BCUT2D eigenvalue weighted by molar-refractivity contribution is -0.187. The number of rotatable bonds is 12. The highest BCUT2D eigenvalue weighted by atomic mass is 16.7. The fourth-order valence-electron chi connectivity index (χ4n) is 6.10. The van der Waals surface area contributed by atoms with E-state index < -0.39 is 5.79 Å². The number of hydrogen-bond acceptors (Lipinski definition) is 4. The molecule has 36 heavy (non-hydrogen) atoms. The Morgan fingerprint density at radius 2 is 1.81 bits per heavy atom. The van der Waals surface area contributed by atoms with Gasteiger partial charge in [0.25, 0.3) is 0 Å². The fraction of sp³-hybridized carbons (Fsp3) is 0.625. The summed E-state index contributed by atoms with van der Waals surface area (Å²) in [7, 11) is 0. The molecule has 2 aromatic carbocycles. The van der Waals surface area contributed by atoms with E-state index in [2.05, 4.69) is 63.2 Å². The number of ether oxygens (including phenoxy) is 3. The van der Waals surface area contributed by atoms with Crippen LogP contribution in [0.25, 0.3) is 0 Å². The van der Waals surface area contributed by atoms with Crippen LogP contribution in [0.5, 0.6) is 5.75 Å². The van der Waals surface area contributed by atoms with Crippen molar-refractivity contribution >= 4 is 0 Å². The van der Waals surface area contributed by atoms with Gasteiger partial charge in [-0.15, -0.1) is 0 Å². The van der Waals surface area contributed by atoms with Crippen molar-refractivity contribution in [3.63, 3.8) is 0 Å². The number of aliphatic hydroxyl groups is 1. The maximum absolute atomic E-state index is 9.84. The molecular weight excluding hydrogens is 448 g/mol. The molecule has 4 heteroatoms. The lowest BCUT2D eigenvalue weighted by Gasteiger charge is -2.42. The van der Waals surface area contributed by atoms with E-state index >= 15 is 0 Å². The summed E-state index contributed by atoms with van der Waals surface area (Å²) in [6.07, 6.45) is 9.79. The smallest absolute Gasteiger partial charge is 0.169 e. The number of aliphatic hydroxyl groups excluding tert-OH is 1. The zero-order valence-corrected chi connectivity index (χ0v) is 22.6. The van der Waals surface area contributed by atoms with Gasteiger partial charge in [-0.25, -0.2) is 0 Å². The van der Waals surface area contributed by atoms with E-state index in [1.165, 1.54) is 48.8 Å². The van der Waals surface area contributed by atoms with Gasteiger partial charge in [-0.1, -0.05) is 88.9 Å². The Bertz CT molecular complexity index is 932. The summed E-state index contributed by atoms with van der Waals surface area (Å²) in [6.45, 7) is 9.07. The van der Waals surface area contributed by atoms with Gasteiger partial charge in [-0.05, 0) is 59.3 Å². The second kappa shape index (κ2) is 12.6. The third-order valence-corrected chi connectivity index (χ3v) is 8.40. The van der Waals surface area contributed by atoms with E-state index in [-0.39, 0.29) is 17.9 Å². The molecule has 0 radical (unpaired) electrons. The van der Waals surface area contributed by atoms with Crippen LogP contribution in [-0.2, 0) is 21.5 Å². The van der Waals surface area contributed by atoms with Gasteiger partial charge >= 0.3 is 0 Å². The van der Waals surface area contributed by atoms with E-state index in [4.69, 9.17) is 14.2 Å². The van der Waals surface area contributed by atoms with Gasteiger partial charge in [-0.2, -0.15) is 0 Å². The summed E-state index contributed by atoms with van der Waals surface area (Å²) in [5.74, 6) is 1.11. The van der Waals surface area contributed by atoms with Crippen LogP contribution in [0.2, 0.25) is 0 Å². The monoisotopic (exact) mass is 494 g/mol. The molecule has 2 aromatic rings. The summed E-state index contributed by atoms with van der Waals surface area (Å²) < 4.78 is 18.9. The van der Waals surface area contributed by atoms with Crippen molar-refractivity contribution in [1.82, 2.24) is 0 Å². The van der Waals surface area contributed by atoms with Crippen LogP contribution in [0, 0.1) is 5.92 Å². The average Bonchev–Trinajstić information content (AvgIpc) is 3.35. The largest absolute Gasteiger partial charge is 0.489 e. The van der Waals surface area contributed by atoms with Crippen LogP contribution in [0.4, 0.5) is 0 Å². The Labute approximate surface area is 218 Å². The van der Waals surface area contributed by atoms with Gasteiger partial charge in [0.15, 0.2) is 5.79 Å². The highest BCUT2D eigenvalue weighted by Crippen LogP contribution is 2.50. The Kier molecular flexibility index (Phi) is 9.49. The van der Waals surface area contributed by atoms with Crippen molar-refractivity contribution in [2.24, 2.45) is 5.92 Å². The molecule has 198 valence electrons. The van der Waals surface area contributed by atoms with Crippen molar-refractivity contribution in [2.75, 3.05) is 19.8 Å².